The Hall–Kier alpha value is -1.03. The molecular formula is C12H16BrNO2. The van der Waals surface area contributed by atoms with Crippen LogP contribution in [0.2, 0.25) is 0 Å². The molecule has 88 valence electrons. The average Bonchev–Trinajstić information content (AvgIpc) is 2.22. The lowest BCUT2D eigenvalue weighted by molar-refractivity contribution is -0.116. The molecular weight excluding hydrogens is 270 g/mol. The highest BCUT2D eigenvalue weighted by molar-refractivity contribution is 9.10. The van der Waals surface area contributed by atoms with Gasteiger partial charge in [-0.3, -0.25) is 4.79 Å². The molecule has 0 aliphatic carbocycles. The highest BCUT2D eigenvalue weighted by Gasteiger charge is 2.18. The zero-order valence-electron chi connectivity index (χ0n) is 9.62. The number of aryl methyl sites for hydroxylation is 1. The normalized spacial score (nSPS) is 12.6. The van der Waals surface area contributed by atoms with E-state index >= 15 is 0 Å². The molecule has 16 heavy (non-hydrogen) atoms. The summed E-state index contributed by atoms with van der Waals surface area (Å²) in [5, 5.41) is 12.1. The molecule has 1 unspecified atom stereocenters. The van der Waals surface area contributed by atoms with Gasteiger partial charge in [0.05, 0.1) is 4.83 Å². The number of aromatic hydroxyl groups is 1. The molecule has 0 heterocycles. The van der Waals surface area contributed by atoms with E-state index in [2.05, 4.69) is 21.2 Å². The molecule has 0 spiro atoms. The lowest BCUT2D eigenvalue weighted by Gasteiger charge is -2.14. The molecule has 0 aliphatic rings. The summed E-state index contributed by atoms with van der Waals surface area (Å²) >= 11 is 3.34. The second kappa shape index (κ2) is 5.34. The van der Waals surface area contributed by atoms with Crippen LogP contribution in [-0.4, -0.2) is 15.8 Å². The monoisotopic (exact) mass is 285 g/mol. The maximum atomic E-state index is 11.7. The van der Waals surface area contributed by atoms with Crippen LogP contribution >= 0.6 is 15.9 Å². The number of halogens is 1. The summed E-state index contributed by atoms with van der Waals surface area (Å²) in [4.78, 5) is 11.5. The first-order valence-electron chi connectivity index (χ1n) is 5.16. The molecule has 0 bridgehead atoms. The fraction of sp³-hybridized carbons (Fsp3) is 0.417. The fourth-order valence-corrected chi connectivity index (χ4v) is 1.36. The number of carbonyl (C=O) groups is 1. The molecule has 0 aliphatic heterocycles. The summed E-state index contributed by atoms with van der Waals surface area (Å²) in [5.41, 5.74) is 1.44. The van der Waals surface area contributed by atoms with Crippen molar-refractivity contribution in [1.82, 2.24) is 0 Å². The number of hydrogen-bond acceptors (Lipinski definition) is 2. The van der Waals surface area contributed by atoms with Gasteiger partial charge in [0, 0.05) is 5.69 Å². The van der Waals surface area contributed by atoms with Crippen molar-refractivity contribution in [2.75, 3.05) is 5.32 Å². The smallest absolute Gasteiger partial charge is 0.238 e. The van der Waals surface area contributed by atoms with Crippen molar-refractivity contribution >= 4 is 27.5 Å². The second-order valence-corrected chi connectivity index (χ2v) is 5.12. The molecule has 1 atom stereocenters. The van der Waals surface area contributed by atoms with Crippen molar-refractivity contribution in [3.63, 3.8) is 0 Å². The SMILES string of the molecule is Cc1cc(NC(=O)C(Br)C(C)C)ccc1O. The number of hydrogen-bond donors (Lipinski definition) is 2. The van der Waals surface area contributed by atoms with E-state index in [0.29, 0.717) is 5.69 Å². The molecule has 1 amide bonds. The van der Waals surface area contributed by atoms with Gasteiger partial charge in [-0.25, -0.2) is 0 Å². The zero-order chi connectivity index (χ0) is 12.3. The van der Waals surface area contributed by atoms with E-state index < -0.39 is 0 Å². The quantitative estimate of drug-likeness (QED) is 0.662. The number of phenolic OH excluding ortho intramolecular Hbond substituents is 1. The number of phenols is 1. The largest absolute Gasteiger partial charge is 0.508 e. The molecule has 4 heteroatoms. The van der Waals surface area contributed by atoms with Crippen molar-refractivity contribution in [3.05, 3.63) is 23.8 Å². The van der Waals surface area contributed by atoms with Crippen molar-refractivity contribution in [1.29, 1.82) is 0 Å². The predicted molar refractivity (Wildman–Crippen MR) is 69.0 cm³/mol. The van der Waals surface area contributed by atoms with Gasteiger partial charge in [0.15, 0.2) is 0 Å². The van der Waals surface area contributed by atoms with Gasteiger partial charge in [0.1, 0.15) is 5.75 Å². The number of anilines is 1. The lowest BCUT2D eigenvalue weighted by atomic mass is 10.1. The Kier molecular flexibility index (Phi) is 4.35. The van der Waals surface area contributed by atoms with Crippen LogP contribution in [0, 0.1) is 12.8 Å². The number of benzene rings is 1. The van der Waals surface area contributed by atoms with Gasteiger partial charge >= 0.3 is 0 Å². The highest BCUT2D eigenvalue weighted by atomic mass is 79.9. The van der Waals surface area contributed by atoms with Crippen LogP contribution in [0.1, 0.15) is 19.4 Å². The molecule has 0 fully saturated rings. The van der Waals surface area contributed by atoms with Gasteiger partial charge in [0.2, 0.25) is 5.91 Å². The molecule has 1 aromatic rings. The number of alkyl halides is 1. The Balaban J connectivity index is 2.74. The standard InChI is InChI=1S/C12H16BrNO2/c1-7(2)11(13)12(16)14-9-4-5-10(15)8(3)6-9/h4-7,11,15H,1-3H3,(H,14,16). The number of nitrogens with one attached hydrogen (secondary N) is 1. The van der Waals surface area contributed by atoms with Gasteiger partial charge in [-0.2, -0.15) is 0 Å². The molecule has 0 radical (unpaired) electrons. The molecule has 0 saturated heterocycles. The molecule has 1 aromatic carbocycles. The van der Waals surface area contributed by atoms with Gasteiger partial charge in [-0.1, -0.05) is 29.8 Å². The lowest BCUT2D eigenvalue weighted by Crippen LogP contribution is -2.26. The first-order valence-corrected chi connectivity index (χ1v) is 6.08. The number of amides is 1. The van der Waals surface area contributed by atoms with E-state index in [4.69, 9.17) is 0 Å². The van der Waals surface area contributed by atoms with Crippen molar-refractivity contribution in [3.8, 4) is 5.75 Å². The number of carbonyl (C=O) groups excluding carboxylic acids is 1. The maximum Gasteiger partial charge on any atom is 0.238 e. The van der Waals surface area contributed by atoms with Gasteiger partial charge < -0.3 is 10.4 Å². The Morgan fingerprint density at radius 1 is 1.44 bits per heavy atom. The average molecular weight is 286 g/mol. The van der Waals surface area contributed by atoms with Crippen LogP contribution in [0.25, 0.3) is 0 Å². The third kappa shape index (κ3) is 3.23. The van der Waals surface area contributed by atoms with Crippen molar-refractivity contribution in [2.45, 2.75) is 25.6 Å². The van der Waals surface area contributed by atoms with Gasteiger partial charge in [0.25, 0.3) is 0 Å². The molecule has 3 nitrogen and oxygen atoms in total. The Bertz CT molecular complexity index is 391. The zero-order valence-corrected chi connectivity index (χ0v) is 11.2. The summed E-state index contributed by atoms with van der Waals surface area (Å²) in [6, 6.07) is 5.00. The van der Waals surface area contributed by atoms with Crippen LogP contribution in [0.15, 0.2) is 18.2 Å². The summed E-state index contributed by atoms with van der Waals surface area (Å²) in [5.74, 6) is 0.399. The predicted octanol–water partition coefficient (Wildman–Crippen LogP) is 3.06. The first-order chi connectivity index (χ1) is 7.41. The van der Waals surface area contributed by atoms with E-state index in [1.165, 1.54) is 0 Å². The van der Waals surface area contributed by atoms with E-state index in [0.717, 1.165) is 5.56 Å². The topological polar surface area (TPSA) is 49.3 Å². The maximum absolute atomic E-state index is 11.7. The summed E-state index contributed by atoms with van der Waals surface area (Å²) in [6.45, 7) is 5.74. The van der Waals surface area contributed by atoms with E-state index in [1.54, 1.807) is 25.1 Å². The summed E-state index contributed by atoms with van der Waals surface area (Å²) in [6.07, 6.45) is 0. The molecule has 1 rings (SSSR count). The minimum atomic E-state index is -0.207. The van der Waals surface area contributed by atoms with Crippen molar-refractivity contribution < 1.29 is 9.90 Å². The molecule has 2 N–H and O–H groups in total. The van der Waals surface area contributed by atoms with E-state index in [9.17, 15) is 9.90 Å². The van der Waals surface area contributed by atoms with Crippen LogP contribution in [0.5, 0.6) is 5.75 Å². The Labute approximate surface area is 104 Å². The molecule has 0 aromatic heterocycles. The van der Waals surface area contributed by atoms with Gasteiger partial charge in [-0.05, 0) is 36.6 Å². The van der Waals surface area contributed by atoms with E-state index in [1.807, 2.05) is 13.8 Å². The minimum Gasteiger partial charge on any atom is -0.508 e. The van der Waals surface area contributed by atoms with Crippen LogP contribution in [-0.2, 0) is 4.79 Å². The van der Waals surface area contributed by atoms with Crippen molar-refractivity contribution in [2.24, 2.45) is 5.92 Å². The van der Waals surface area contributed by atoms with Crippen LogP contribution in [0.3, 0.4) is 0 Å². The van der Waals surface area contributed by atoms with Crippen LogP contribution in [0.4, 0.5) is 5.69 Å². The first kappa shape index (κ1) is 13.0. The third-order valence-corrected chi connectivity index (χ3v) is 3.77. The minimum absolute atomic E-state index is 0.0694. The highest BCUT2D eigenvalue weighted by Crippen LogP contribution is 2.21. The van der Waals surface area contributed by atoms with E-state index in [-0.39, 0.29) is 22.4 Å². The summed E-state index contributed by atoms with van der Waals surface area (Å²) in [7, 11) is 0. The number of rotatable bonds is 3. The van der Waals surface area contributed by atoms with Gasteiger partial charge in [-0.15, -0.1) is 0 Å². The molecule has 0 saturated carbocycles. The third-order valence-electron chi connectivity index (χ3n) is 2.30. The second-order valence-electron chi connectivity index (χ2n) is 4.14. The summed E-state index contributed by atoms with van der Waals surface area (Å²) < 4.78 is 0. The van der Waals surface area contributed by atoms with Crippen LogP contribution < -0.4 is 5.32 Å². The fourth-order valence-electron chi connectivity index (χ4n) is 1.25. The Morgan fingerprint density at radius 2 is 2.06 bits per heavy atom. The Morgan fingerprint density at radius 3 is 2.56 bits per heavy atom.